The van der Waals surface area contributed by atoms with Crippen LogP contribution in [0.4, 0.5) is 8.78 Å². The van der Waals surface area contributed by atoms with Crippen LogP contribution in [-0.4, -0.2) is 31.0 Å². The standard InChI is InChI=1S/C18H17Cl2F2NO3S/c1-11(2)23(10-12-3-8-15(19)16(20)9-12)17(24)13-4-6-14(7-5-13)27(25,26)18(21)22/h3-9,11,18H,10H2,1-2H3. The number of hydrogen-bond acceptors (Lipinski definition) is 3. The first-order valence-corrected chi connectivity index (χ1v) is 10.2. The van der Waals surface area contributed by atoms with Gasteiger partial charge in [0, 0.05) is 18.2 Å². The van der Waals surface area contributed by atoms with Crippen LogP contribution in [0.2, 0.25) is 10.0 Å². The van der Waals surface area contributed by atoms with Crippen LogP contribution < -0.4 is 0 Å². The molecule has 2 aromatic carbocycles. The Kier molecular flexibility index (Phi) is 6.83. The Morgan fingerprint density at radius 1 is 1.04 bits per heavy atom. The van der Waals surface area contributed by atoms with E-state index < -0.39 is 20.5 Å². The van der Waals surface area contributed by atoms with E-state index in [1.165, 1.54) is 12.1 Å². The monoisotopic (exact) mass is 435 g/mol. The van der Waals surface area contributed by atoms with Crippen LogP contribution in [-0.2, 0) is 16.4 Å². The first-order chi connectivity index (χ1) is 12.5. The van der Waals surface area contributed by atoms with E-state index in [0.29, 0.717) is 10.0 Å². The number of nitrogens with zero attached hydrogens (tertiary/aromatic N) is 1. The Labute approximate surface area is 166 Å². The molecule has 9 heteroatoms. The number of carbonyl (C=O) groups is 1. The van der Waals surface area contributed by atoms with Gasteiger partial charge >= 0.3 is 5.76 Å². The number of benzene rings is 2. The molecule has 0 saturated carbocycles. The molecule has 0 aliphatic heterocycles. The van der Waals surface area contributed by atoms with Crippen molar-refractivity contribution < 1.29 is 22.0 Å². The highest BCUT2D eigenvalue weighted by atomic mass is 35.5. The largest absolute Gasteiger partial charge is 0.341 e. The summed E-state index contributed by atoms with van der Waals surface area (Å²) in [5.74, 6) is -3.88. The molecule has 146 valence electrons. The molecule has 0 aliphatic carbocycles. The minimum absolute atomic E-state index is 0.170. The highest BCUT2D eigenvalue weighted by Crippen LogP contribution is 2.24. The summed E-state index contributed by atoms with van der Waals surface area (Å²) < 4.78 is 48.2. The number of carbonyl (C=O) groups excluding carboxylic acids is 1. The number of hydrogen-bond donors (Lipinski definition) is 0. The Hall–Kier alpha value is -1.70. The molecular weight excluding hydrogens is 419 g/mol. The molecule has 4 nitrogen and oxygen atoms in total. The summed E-state index contributed by atoms with van der Waals surface area (Å²) in [5, 5.41) is 0.769. The fourth-order valence-corrected chi connectivity index (χ4v) is 3.42. The van der Waals surface area contributed by atoms with Gasteiger partial charge in [0.1, 0.15) is 0 Å². The second kappa shape index (κ2) is 8.54. The number of alkyl halides is 2. The maximum Gasteiger partial charge on any atom is 0.341 e. The van der Waals surface area contributed by atoms with Crippen molar-refractivity contribution in [2.24, 2.45) is 0 Å². The lowest BCUT2D eigenvalue weighted by Gasteiger charge is -2.27. The average Bonchev–Trinajstić information content (AvgIpc) is 2.61. The van der Waals surface area contributed by atoms with Crippen molar-refractivity contribution in [2.45, 2.75) is 37.1 Å². The number of halogens is 4. The molecule has 2 rings (SSSR count). The van der Waals surface area contributed by atoms with Gasteiger partial charge in [-0.2, -0.15) is 8.78 Å². The van der Waals surface area contributed by atoms with E-state index in [-0.39, 0.29) is 24.1 Å². The SMILES string of the molecule is CC(C)N(Cc1ccc(Cl)c(Cl)c1)C(=O)c1ccc(S(=O)(=O)C(F)F)cc1. The minimum Gasteiger partial charge on any atom is -0.332 e. The highest BCUT2D eigenvalue weighted by molar-refractivity contribution is 7.91. The lowest BCUT2D eigenvalue weighted by molar-refractivity contribution is 0.0690. The van der Waals surface area contributed by atoms with Crippen molar-refractivity contribution in [3.05, 3.63) is 63.6 Å². The van der Waals surface area contributed by atoms with Crippen molar-refractivity contribution in [3.8, 4) is 0 Å². The predicted octanol–water partition coefficient (Wildman–Crippen LogP) is 5.04. The van der Waals surface area contributed by atoms with E-state index in [0.717, 1.165) is 17.7 Å². The third kappa shape index (κ3) is 4.97. The van der Waals surface area contributed by atoms with Crippen molar-refractivity contribution in [1.29, 1.82) is 0 Å². The first kappa shape index (κ1) is 21.6. The van der Waals surface area contributed by atoms with E-state index in [9.17, 15) is 22.0 Å². The second-order valence-corrected chi connectivity index (χ2v) is 8.84. The van der Waals surface area contributed by atoms with E-state index >= 15 is 0 Å². The summed E-state index contributed by atoms with van der Waals surface area (Å²) in [6.45, 7) is 3.90. The molecule has 0 saturated heterocycles. The lowest BCUT2D eigenvalue weighted by atomic mass is 10.1. The molecule has 1 amide bonds. The van der Waals surface area contributed by atoms with Gasteiger partial charge in [-0.05, 0) is 55.8 Å². The van der Waals surface area contributed by atoms with Crippen molar-refractivity contribution >= 4 is 38.9 Å². The van der Waals surface area contributed by atoms with Gasteiger partial charge in [0.2, 0.25) is 9.84 Å². The van der Waals surface area contributed by atoms with Crippen LogP contribution in [0, 0.1) is 0 Å². The lowest BCUT2D eigenvalue weighted by Crippen LogP contribution is -2.36. The Bertz CT molecular complexity index is 932. The molecule has 0 fully saturated rings. The number of amides is 1. The predicted molar refractivity (Wildman–Crippen MR) is 101 cm³/mol. The maximum absolute atomic E-state index is 12.8. The first-order valence-electron chi connectivity index (χ1n) is 7.91. The Morgan fingerprint density at radius 3 is 2.11 bits per heavy atom. The van der Waals surface area contributed by atoms with Crippen LogP contribution in [0.25, 0.3) is 0 Å². The van der Waals surface area contributed by atoms with Gasteiger partial charge in [-0.1, -0.05) is 29.3 Å². The number of rotatable bonds is 6. The zero-order valence-corrected chi connectivity index (χ0v) is 16.8. The smallest absolute Gasteiger partial charge is 0.332 e. The van der Waals surface area contributed by atoms with Crippen LogP contribution >= 0.6 is 23.2 Å². The van der Waals surface area contributed by atoms with E-state index in [2.05, 4.69) is 0 Å². The third-order valence-corrected chi connectivity index (χ3v) is 6.02. The van der Waals surface area contributed by atoms with Crippen LogP contribution in [0.3, 0.4) is 0 Å². The van der Waals surface area contributed by atoms with Gasteiger partial charge < -0.3 is 4.90 Å². The van der Waals surface area contributed by atoms with Gasteiger partial charge in [0.15, 0.2) is 0 Å². The van der Waals surface area contributed by atoms with Crippen LogP contribution in [0.15, 0.2) is 47.4 Å². The molecule has 0 aromatic heterocycles. The summed E-state index contributed by atoms with van der Waals surface area (Å²) in [7, 11) is -4.70. The normalized spacial score (nSPS) is 11.9. The third-order valence-electron chi connectivity index (χ3n) is 3.89. The summed E-state index contributed by atoms with van der Waals surface area (Å²) in [4.78, 5) is 13.8. The Balaban J connectivity index is 2.27. The fraction of sp³-hybridized carbons (Fsp3) is 0.278. The molecular formula is C18H17Cl2F2NO3S. The topological polar surface area (TPSA) is 54.5 Å². The zero-order chi connectivity index (χ0) is 20.4. The molecule has 0 heterocycles. The average molecular weight is 436 g/mol. The molecule has 0 atom stereocenters. The summed E-state index contributed by atoms with van der Waals surface area (Å²) >= 11 is 11.9. The Morgan fingerprint density at radius 2 is 1.63 bits per heavy atom. The minimum atomic E-state index is -4.70. The van der Waals surface area contributed by atoms with E-state index in [4.69, 9.17) is 23.2 Å². The molecule has 0 unspecified atom stereocenters. The molecule has 2 aromatic rings. The van der Waals surface area contributed by atoms with Gasteiger partial charge in [0.05, 0.1) is 14.9 Å². The zero-order valence-electron chi connectivity index (χ0n) is 14.5. The quantitative estimate of drug-likeness (QED) is 0.638. The molecule has 0 spiro atoms. The van der Waals surface area contributed by atoms with Crippen molar-refractivity contribution in [2.75, 3.05) is 0 Å². The van der Waals surface area contributed by atoms with Crippen molar-refractivity contribution in [1.82, 2.24) is 4.90 Å². The second-order valence-electron chi connectivity index (χ2n) is 6.11. The van der Waals surface area contributed by atoms with Crippen LogP contribution in [0.5, 0.6) is 0 Å². The van der Waals surface area contributed by atoms with Crippen molar-refractivity contribution in [3.63, 3.8) is 0 Å². The van der Waals surface area contributed by atoms with Gasteiger partial charge in [-0.25, -0.2) is 8.42 Å². The van der Waals surface area contributed by atoms with Gasteiger partial charge in [-0.3, -0.25) is 4.79 Å². The molecule has 0 N–H and O–H groups in total. The van der Waals surface area contributed by atoms with E-state index in [1.807, 2.05) is 13.8 Å². The highest BCUT2D eigenvalue weighted by Gasteiger charge is 2.27. The number of sulfone groups is 1. The molecule has 27 heavy (non-hydrogen) atoms. The maximum atomic E-state index is 12.8. The summed E-state index contributed by atoms with van der Waals surface area (Å²) in [5.41, 5.74) is 0.959. The summed E-state index contributed by atoms with van der Waals surface area (Å²) in [6, 6.07) is 9.32. The molecule has 0 aliphatic rings. The molecule has 0 radical (unpaired) electrons. The molecule has 0 bridgehead atoms. The van der Waals surface area contributed by atoms with Crippen LogP contribution in [0.1, 0.15) is 29.8 Å². The summed E-state index contributed by atoms with van der Waals surface area (Å²) in [6.07, 6.45) is 0. The fourth-order valence-electron chi connectivity index (χ4n) is 2.38. The van der Waals surface area contributed by atoms with Gasteiger partial charge in [0.25, 0.3) is 5.91 Å². The van der Waals surface area contributed by atoms with E-state index in [1.54, 1.807) is 23.1 Å². The van der Waals surface area contributed by atoms with Gasteiger partial charge in [-0.15, -0.1) is 0 Å².